The Morgan fingerprint density at radius 3 is 2.47 bits per heavy atom. The molecule has 0 radical (unpaired) electrons. The number of thiazole rings is 1. The molecule has 1 aliphatic rings. The largest absolute Gasteiger partial charge is 0.494 e. The minimum Gasteiger partial charge on any atom is -0.494 e. The van der Waals surface area contributed by atoms with Gasteiger partial charge in [-0.1, -0.05) is 36.5 Å². The van der Waals surface area contributed by atoms with Gasteiger partial charge in [-0.3, -0.25) is 9.78 Å². The molecule has 3 heterocycles. The predicted octanol–water partition coefficient (Wildman–Crippen LogP) is 3.13. The van der Waals surface area contributed by atoms with Gasteiger partial charge in [0.25, 0.3) is 0 Å². The molecular formula is C26H32N4O5S. The minimum atomic E-state index is -0.480. The molecule has 1 fully saturated rings. The third-order valence-electron chi connectivity index (χ3n) is 6.22. The van der Waals surface area contributed by atoms with Crippen molar-refractivity contribution in [1.82, 2.24) is 19.4 Å². The van der Waals surface area contributed by atoms with E-state index in [0.29, 0.717) is 31.0 Å². The lowest BCUT2D eigenvalue weighted by Gasteiger charge is -2.31. The highest BCUT2D eigenvalue weighted by Gasteiger charge is 2.22. The van der Waals surface area contributed by atoms with Crippen LogP contribution in [-0.2, 0) is 30.7 Å². The van der Waals surface area contributed by atoms with Crippen molar-refractivity contribution in [2.24, 2.45) is 0 Å². The number of amides is 1. The summed E-state index contributed by atoms with van der Waals surface area (Å²) in [5.74, 6) is 0.577. The van der Waals surface area contributed by atoms with Crippen molar-refractivity contribution in [3.63, 3.8) is 0 Å². The first-order valence-electron chi connectivity index (χ1n) is 12.1. The monoisotopic (exact) mass is 512 g/mol. The van der Waals surface area contributed by atoms with Gasteiger partial charge in [0.1, 0.15) is 5.75 Å². The van der Waals surface area contributed by atoms with Crippen LogP contribution in [0.15, 0.2) is 47.4 Å². The zero-order valence-electron chi connectivity index (χ0n) is 20.7. The third kappa shape index (κ3) is 6.64. The van der Waals surface area contributed by atoms with Gasteiger partial charge in [0.05, 0.1) is 11.5 Å². The second-order valence-electron chi connectivity index (χ2n) is 8.80. The maximum Gasteiger partial charge on any atom is 0.411 e. The van der Waals surface area contributed by atoms with Crippen LogP contribution < -0.4 is 9.61 Å². The van der Waals surface area contributed by atoms with E-state index in [0.717, 1.165) is 58.8 Å². The smallest absolute Gasteiger partial charge is 0.411 e. The number of carbonyl (C=O) groups excluding carboxylic acids is 1. The van der Waals surface area contributed by atoms with Crippen LogP contribution in [0.2, 0.25) is 0 Å². The topological polar surface area (TPSA) is 97.1 Å². The molecule has 3 aromatic rings. The van der Waals surface area contributed by atoms with E-state index >= 15 is 0 Å². The fourth-order valence-corrected chi connectivity index (χ4v) is 4.75. The van der Waals surface area contributed by atoms with Crippen LogP contribution in [0.25, 0.3) is 0 Å². The Bertz CT molecular complexity index is 1200. The highest BCUT2D eigenvalue weighted by Crippen LogP contribution is 2.24. The van der Waals surface area contributed by atoms with Crippen molar-refractivity contribution in [1.29, 1.82) is 0 Å². The lowest BCUT2D eigenvalue weighted by atomic mass is 10.1. The standard InChI is InChI=1S/C26H32N4O5S/c1-3-19-4-7-21(27-17-19)10-15-34-22-8-5-20(6-9-22)16-23-24(31)30(26(33)36-23)18-35-25(32)29-13-11-28(2)12-14-29/h4-9,17,31H,3,10-16,18H2,1-2H3. The molecule has 0 aliphatic carbocycles. The van der Waals surface area contributed by atoms with Crippen LogP contribution in [0.1, 0.15) is 28.6 Å². The van der Waals surface area contributed by atoms with Crippen LogP contribution in [0, 0.1) is 0 Å². The first kappa shape index (κ1) is 25.7. The third-order valence-corrected chi connectivity index (χ3v) is 7.19. The first-order chi connectivity index (χ1) is 17.4. The summed E-state index contributed by atoms with van der Waals surface area (Å²) >= 11 is 0.949. The summed E-state index contributed by atoms with van der Waals surface area (Å²) in [6, 6.07) is 11.7. The molecule has 9 nitrogen and oxygen atoms in total. The van der Waals surface area contributed by atoms with Gasteiger partial charge in [-0.25, -0.2) is 9.36 Å². The summed E-state index contributed by atoms with van der Waals surface area (Å²) in [4.78, 5) is 33.0. The number of likely N-dealkylation sites (N-methyl/N-ethyl adjacent to an activating group) is 1. The SMILES string of the molecule is CCc1ccc(CCOc2ccc(Cc3sc(=O)n(COC(=O)N4CCN(C)CC4)c3O)cc2)nc1. The fourth-order valence-electron chi connectivity index (χ4n) is 3.85. The van der Waals surface area contributed by atoms with Gasteiger partial charge in [0, 0.05) is 50.9 Å². The van der Waals surface area contributed by atoms with Gasteiger partial charge in [0.2, 0.25) is 5.88 Å². The number of benzene rings is 1. The zero-order chi connectivity index (χ0) is 25.5. The maximum atomic E-state index is 12.4. The lowest BCUT2D eigenvalue weighted by molar-refractivity contribution is 0.0576. The molecule has 1 amide bonds. The number of hydrogen-bond donors (Lipinski definition) is 1. The number of nitrogens with zero attached hydrogens (tertiary/aromatic N) is 4. The Hall–Kier alpha value is -3.37. The van der Waals surface area contributed by atoms with Gasteiger partial charge in [0.15, 0.2) is 6.73 Å². The van der Waals surface area contributed by atoms with Crippen molar-refractivity contribution < 1.29 is 19.4 Å². The summed E-state index contributed by atoms with van der Waals surface area (Å²) in [6.07, 6.45) is 3.50. The molecule has 1 N–H and O–H groups in total. The number of hydrogen-bond acceptors (Lipinski definition) is 8. The quantitative estimate of drug-likeness (QED) is 0.471. The zero-order valence-corrected chi connectivity index (χ0v) is 21.5. The summed E-state index contributed by atoms with van der Waals surface area (Å²) in [7, 11) is 2.00. The lowest BCUT2D eigenvalue weighted by Crippen LogP contribution is -2.47. The van der Waals surface area contributed by atoms with E-state index < -0.39 is 6.09 Å². The number of aromatic nitrogens is 2. The summed E-state index contributed by atoms with van der Waals surface area (Å²) < 4.78 is 12.2. The second kappa shape index (κ2) is 12.0. The second-order valence-corrected chi connectivity index (χ2v) is 9.85. The first-order valence-corrected chi connectivity index (χ1v) is 12.9. The van der Waals surface area contributed by atoms with Crippen molar-refractivity contribution in [3.8, 4) is 11.6 Å². The number of carbonyl (C=O) groups is 1. The van der Waals surface area contributed by atoms with Crippen molar-refractivity contribution in [2.75, 3.05) is 39.8 Å². The molecule has 1 saturated heterocycles. The fraction of sp³-hybridized carbons (Fsp3) is 0.423. The molecule has 0 bridgehead atoms. The number of aromatic hydroxyl groups is 1. The van der Waals surface area contributed by atoms with Crippen molar-refractivity contribution in [3.05, 3.63) is 74.0 Å². The van der Waals surface area contributed by atoms with Crippen LogP contribution in [0.5, 0.6) is 11.6 Å². The van der Waals surface area contributed by atoms with Gasteiger partial charge in [-0.15, -0.1) is 0 Å². The molecule has 2 aromatic heterocycles. The molecule has 0 unspecified atom stereocenters. The van der Waals surface area contributed by atoms with Crippen molar-refractivity contribution in [2.45, 2.75) is 32.9 Å². The molecule has 1 aliphatic heterocycles. The molecule has 0 saturated carbocycles. The Labute approximate surface area is 214 Å². The van der Waals surface area contributed by atoms with E-state index in [4.69, 9.17) is 9.47 Å². The highest BCUT2D eigenvalue weighted by atomic mass is 32.1. The van der Waals surface area contributed by atoms with Crippen LogP contribution >= 0.6 is 11.3 Å². The number of piperazine rings is 1. The van der Waals surface area contributed by atoms with E-state index in [1.165, 1.54) is 5.56 Å². The van der Waals surface area contributed by atoms with Gasteiger partial charge < -0.3 is 24.4 Å². The normalized spacial score (nSPS) is 14.1. The van der Waals surface area contributed by atoms with E-state index in [-0.39, 0.29) is 17.5 Å². The van der Waals surface area contributed by atoms with Gasteiger partial charge >= 0.3 is 11.0 Å². The number of rotatable bonds is 9. The van der Waals surface area contributed by atoms with Crippen LogP contribution in [0.3, 0.4) is 0 Å². The molecule has 4 rings (SSSR count). The minimum absolute atomic E-state index is 0.168. The summed E-state index contributed by atoms with van der Waals surface area (Å²) in [6.45, 7) is 5.02. The average Bonchev–Trinajstić information content (AvgIpc) is 3.16. The number of pyridine rings is 1. The molecule has 36 heavy (non-hydrogen) atoms. The van der Waals surface area contributed by atoms with Crippen LogP contribution in [-0.4, -0.2) is 70.4 Å². The van der Waals surface area contributed by atoms with Gasteiger partial charge in [-0.2, -0.15) is 0 Å². The molecule has 192 valence electrons. The Kier molecular flexibility index (Phi) is 8.61. The molecule has 10 heteroatoms. The van der Waals surface area contributed by atoms with E-state index in [1.54, 1.807) is 4.90 Å². The molecular weight excluding hydrogens is 480 g/mol. The van der Waals surface area contributed by atoms with Gasteiger partial charge in [-0.05, 0) is 42.8 Å². The summed E-state index contributed by atoms with van der Waals surface area (Å²) in [5.41, 5.74) is 3.14. The van der Waals surface area contributed by atoms with E-state index in [9.17, 15) is 14.7 Å². The maximum absolute atomic E-state index is 12.4. The average molecular weight is 513 g/mol. The number of ether oxygens (including phenoxy) is 2. The van der Waals surface area contributed by atoms with E-state index in [2.05, 4.69) is 22.9 Å². The highest BCUT2D eigenvalue weighted by molar-refractivity contribution is 7.09. The van der Waals surface area contributed by atoms with E-state index in [1.807, 2.05) is 43.6 Å². The molecule has 0 spiro atoms. The Balaban J connectivity index is 1.27. The Morgan fingerprint density at radius 1 is 1.08 bits per heavy atom. The van der Waals surface area contributed by atoms with Crippen LogP contribution in [0.4, 0.5) is 4.79 Å². The number of aryl methyl sites for hydroxylation is 1. The van der Waals surface area contributed by atoms with Crippen molar-refractivity contribution >= 4 is 17.4 Å². The Morgan fingerprint density at radius 2 is 1.81 bits per heavy atom. The summed E-state index contributed by atoms with van der Waals surface area (Å²) in [5, 5.41) is 10.6. The molecule has 0 atom stereocenters. The molecule has 1 aromatic carbocycles. The predicted molar refractivity (Wildman–Crippen MR) is 138 cm³/mol.